The second kappa shape index (κ2) is 9.45. The minimum Gasteiger partial charge on any atom is -0.443 e. The maximum Gasteiger partial charge on any atom is 0.415 e. The Hall–Kier alpha value is -2.03. The van der Waals surface area contributed by atoms with Gasteiger partial charge in [-0.15, -0.1) is 0 Å². The van der Waals surface area contributed by atoms with Crippen LogP contribution in [0, 0.1) is 0 Å². The Bertz CT molecular complexity index is 725. The number of carbonyl (C=O) groups is 3. The molecule has 0 saturated carbocycles. The summed E-state index contributed by atoms with van der Waals surface area (Å²) in [7, 11) is 0. The normalized spacial score (nSPS) is 14.8. The third-order valence-electron chi connectivity index (χ3n) is 3.75. The van der Waals surface area contributed by atoms with Crippen LogP contribution in [0.1, 0.15) is 31.1 Å². The fraction of sp³-hybridized carbons (Fsp3) is 0.500. The molecule has 1 aliphatic heterocycles. The molecule has 28 heavy (non-hydrogen) atoms. The Morgan fingerprint density at radius 1 is 1.14 bits per heavy atom. The number of nitrogens with zero attached hydrogens (tertiary/aromatic N) is 1. The number of nitrogens with one attached hydrogen (secondary N) is 3. The highest BCUT2D eigenvalue weighted by atomic mass is 35.5. The molecule has 1 fully saturated rings. The molecule has 2 rings (SSSR count). The lowest BCUT2D eigenvalue weighted by Crippen LogP contribution is -2.60. The van der Waals surface area contributed by atoms with Gasteiger partial charge in [0, 0.05) is 41.8 Å². The van der Waals surface area contributed by atoms with Gasteiger partial charge >= 0.3 is 12.1 Å². The summed E-state index contributed by atoms with van der Waals surface area (Å²) >= 11 is 11.8. The van der Waals surface area contributed by atoms with Gasteiger partial charge in [0.1, 0.15) is 5.60 Å². The van der Waals surface area contributed by atoms with Crippen LogP contribution in [0.2, 0.25) is 10.0 Å². The molecule has 1 saturated heterocycles. The molecule has 0 radical (unpaired) electrons. The Morgan fingerprint density at radius 2 is 1.75 bits per heavy atom. The van der Waals surface area contributed by atoms with Gasteiger partial charge in [-0.05, 0) is 39.0 Å². The zero-order chi connectivity index (χ0) is 20.9. The fourth-order valence-electron chi connectivity index (χ4n) is 2.57. The summed E-state index contributed by atoms with van der Waals surface area (Å²) < 4.78 is 4.99. The topological polar surface area (TPSA) is 99.8 Å². The smallest absolute Gasteiger partial charge is 0.415 e. The number of rotatable bonds is 5. The van der Waals surface area contributed by atoms with E-state index in [1.807, 2.05) is 0 Å². The molecule has 1 aromatic carbocycles. The molecule has 0 unspecified atom stereocenters. The molecule has 10 heteroatoms. The quantitative estimate of drug-likeness (QED) is 0.666. The zero-order valence-electron chi connectivity index (χ0n) is 16.0. The van der Waals surface area contributed by atoms with Crippen LogP contribution < -0.4 is 16.0 Å². The van der Waals surface area contributed by atoms with E-state index in [-0.39, 0.29) is 11.9 Å². The first-order valence-corrected chi connectivity index (χ1v) is 9.54. The van der Waals surface area contributed by atoms with Crippen LogP contribution in [0.3, 0.4) is 0 Å². The number of urea groups is 1. The Labute approximate surface area is 173 Å². The van der Waals surface area contributed by atoms with Gasteiger partial charge in [-0.1, -0.05) is 23.2 Å². The molecule has 1 aromatic rings. The maximum atomic E-state index is 12.2. The summed E-state index contributed by atoms with van der Waals surface area (Å²) in [6.07, 6.45) is -0.794. The lowest BCUT2D eigenvalue weighted by Gasteiger charge is -2.39. The molecule has 0 atom stereocenters. The van der Waals surface area contributed by atoms with Crippen molar-refractivity contribution in [1.82, 2.24) is 20.9 Å². The van der Waals surface area contributed by atoms with Crippen molar-refractivity contribution in [2.24, 2.45) is 0 Å². The number of hydrogen-bond acceptors (Lipinski definition) is 5. The lowest BCUT2D eigenvalue weighted by molar-refractivity contribution is 0.0547. The highest BCUT2D eigenvalue weighted by Crippen LogP contribution is 2.19. The predicted octanol–water partition coefficient (Wildman–Crippen LogP) is 2.64. The average molecular weight is 431 g/mol. The van der Waals surface area contributed by atoms with Crippen LogP contribution in [-0.4, -0.2) is 60.8 Å². The fourth-order valence-corrected chi connectivity index (χ4v) is 3.09. The van der Waals surface area contributed by atoms with Gasteiger partial charge < -0.3 is 15.4 Å². The van der Waals surface area contributed by atoms with Gasteiger partial charge in [0.25, 0.3) is 5.91 Å². The van der Waals surface area contributed by atoms with E-state index < -0.39 is 17.7 Å². The highest BCUT2D eigenvalue weighted by molar-refractivity contribution is 6.35. The SMILES string of the molecule is CC(C)(C)OC(=O)NC(=O)NCCN1CC(NC(=O)c2cc(Cl)cc(Cl)c2)C1. The second-order valence-electron chi connectivity index (χ2n) is 7.47. The number of halogens is 2. The molecular weight excluding hydrogens is 407 g/mol. The molecule has 8 nitrogen and oxygen atoms in total. The molecule has 0 spiro atoms. The van der Waals surface area contributed by atoms with E-state index >= 15 is 0 Å². The van der Waals surface area contributed by atoms with E-state index in [1.54, 1.807) is 39.0 Å². The van der Waals surface area contributed by atoms with Crippen molar-refractivity contribution in [3.8, 4) is 0 Å². The van der Waals surface area contributed by atoms with Crippen molar-refractivity contribution < 1.29 is 19.1 Å². The van der Waals surface area contributed by atoms with E-state index in [4.69, 9.17) is 27.9 Å². The number of ether oxygens (including phenoxy) is 1. The number of likely N-dealkylation sites (tertiary alicyclic amines) is 1. The van der Waals surface area contributed by atoms with Crippen molar-refractivity contribution in [3.63, 3.8) is 0 Å². The summed E-state index contributed by atoms with van der Waals surface area (Å²) in [6.45, 7) is 7.42. The summed E-state index contributed by atoms with van der Waals surface area (Å²) in [5, 5.41) is 8.40. The zero-order valence-corrected chi connectivity index (χ0v) is 17.5. The van der Waals surface area contributed by atoms with Crippen LogP contribution in [0.15, 0.2) is 18.2 Å². The Morgan fingerprint density at radius 3 is 2.32 bits per heavy atom. The summed E-state index contributed by atoms with van der Waals surface area (Å²) in [6, 6.07) is 4.09. The first-order chi connectivity index (χ1) is 13.0. The Kier molecular flexibility index (Phi) is 7.51. The summed E-state index contributed by atoms with van der Waals surface area (Å²) in [4.78, 5) is 37.4. The average Bonchev–Trinajstić information content (AvgIpc) is 2.49. The van der Waals surface area contributed by atoms with Gasteiger partial charge in [0.2, 0.25) is 0 Å². The second-order valence-corrected chi connectivity index (χ2v) is 8.34. The largest absolute Gasteiger partial charge is 0.443 e. The van der Waals surface area contributed by atoms with Crippen LogP contribution in [0.4, 0.5) is 9.59 Å². The van der Waals surface area contributed by atoms with Gasteiger partial charge in [-0.2, -0.15) is 0 Å². The number of carbonyl (C=O) groups excluding carboxylic acids is 3. The van der Waals surface area contributed by atoms with Crippen molar-refractivity contribution in [1.29, 1.82) is 0 Å². The molecule has 1 aliphatic rings. The molecule has 0 aromatic heterocycles. The Balaban J connectivity index is 1.62. The van der Waals surface area contributed by atoms with E-state index in [1.165, 1.54) is 0 Å². The maximum absolute atomic E-state index is 12.2. The molecule has 4 amide bonds. The molecule has 1 heterocycles. The number of benzene rings is 1. The summed E-state index contributed by atoms with van der Waals surface area (Å²) in [5.74, 6) is -0.232. The summed E-state index contributed by atoms with van der Waals surface area (Å²) in [5.41, 5.74) is -0.255. The number of alkyl carbamates (subject to hydrolysis) is 1. The van der Waals surface area contributed by atoms with Gasteiger partial charge in [-0.3, -0.25) is 9.69 Å². The van der Waals surface area contributed by atoms with Crippen molar-refractivity contribution in [2.75, 3.05) is 26.2 Å². The van der Waals surface area contributed by atoms with E-state index in [2.05, 4.69) is 20.9 Å². The number of hydrogen-bond donors (Lipinski definition) is 3. The number of amides is 4. The lowest BCUT2D eigenvalue weighted by atomic mass is 10.1. The van der Waals surface area contributed by atoms with Gasteiger partial charge in [0.05, 0.1) is 6.04 Å². The predicted molar refractivity (Wildman–Crippen MR) is 107 cm³/mol. The number of imide groups is 1. The van der Waals surface area contributed by atoms with Crippen LogP contribution >= 0.6 is 23.2 Å². The van der Waals surface area contributed by atoms with Crippen LogP contribution in [-0.2, 0) is 4.74 Å². The standard InChI is InChI=1S/C18H24Cl2N4O4/c1-18(2,3)28-17(27)23-16(26)21-4-5-24-9-14(10-24)22-15(25)11-6-12(19)8-13(20)7-11/h6-8,14H,4-5,9-10H2,1-3H3,(H,22,25)(H2,21,23,26,27). The van der Waals surface area contributed by atoms with Crippen molar-refractivity contribution in [2.45, 2.75) is 32.4 Å². The van der Waals surface area contributed by atoms with Crippen LogP contribution in [0.5, 0.6) is 0 Å². The molecule has 0 bridgehead atoms. The first kappa shape index (κ1) is 22.3. The van der Waals surface area contributed by atoms with Crippen molar-refractivity contribution in [3.05, 3.63) is 33.8 Å². The molecular formula is C18H24Cl2N4O4. The van der Waals surface area contributed by atoms with E-state index in [9.17, 15) is 14.4 Å². The first-order valence-electron chi connectivity index (χ1n) is 8.79. The minimum atomic E-state index is -0.794. The molecule has 0 aliphatic carbocycles. The van der Waals surface area contributed by atoms with E-state index in [0.29, 0.717) is 41.8 Å². The van der Waals surface area contributed by atoms with Crippen molar-refractivity contribution >= 4 is 41.2 Å². The third-order valence-corrected chi connectivity index (χ3v) is 4.18. The highest BCUT2D eigenvalue weighted by Gasteiger charge is 2.28. The van der Waals surface area contributed by atoms with E-state index in [0.717, 1.165) is 0 Å². The monoisotopic (exact) mass is 430 g/mol. The molecule has 154 valence electrons. The van der Waals surface area contributed by atoms with Gasteiger partial charge in [-0.25, -0.2) is 14.9 Å². The van der Waals surface area contributed by atoms with Crippen LogP contribution in [0.25, 0.3) is 0 Å². The third kappa shape index (κ3) is 7.53. The minimum absolute atomic E-state index is 0.0147. The van der Waals surface area contributed by atoms with Gasteiger partial charge in [0.15, 0.2) is 0 Å². The molecule has 3 N–H and O–H groups in total.